The fourth-order valence-corrected chi connectivity index (χ4v) is 1.65. The second-order valence-corrected chi connectivity index (χ2v) is 4.00. The van der Waals surface area contributed by atoms with Crippen LogP contribution in [0.1, 0.15) is 12.4 Å². The van der Waals surface area contributed by atoms with Gasteiger partial charge >= 0.3 is 12.2 Å². The molecule has 96 valence electrons. The highest BCUT2D eigenvalue weighted by Crippen LogP contribution is 2.21. The fourth-order valence-electron chi connectivity index (χ4n) is 1.53. The standard InChI is InChI=1S/C10H9ClF2N4O/c1-5-15-17(10(18)16(5)9(12)13)6-2-3-7(11)8(14)4-6/h2-4,9H,14H2,1H3. The number of hydrogen-bond donors (Lipinski definition) is 1. The van der Waals surface area contributed by atoms with Gasteiger partial charge in [-0.05, 0) is 25.1 Å². The molecule has 0 fully saturated rings. The maximum Gasteiger partial charge on any atom is 0.355 e. The van der Waals surface area contributed by atoms with Crippen molar-refractivity contribution >= 4 is 17.3 Å². The summed E-state index contributed by atoms with van der Waals surface area (Å²) in [6, 6.07) is 4.34. The predicted octanol–water partition coefficient (Wildman–Crippen LogP) is 1.97. The van der Waals surface area contributed by atoms with E-state index < -0.39 is 12.2 Å². The highest BCUT2D eigenvalue weighted by Gasteiger charge is 2.18. The van der Waals surface area contributed by atoms with E-state index in [2.05, 4.69) is 5.10 Å². The van der Waals surface area contributed by atoms with Gasteiger partial charge in [-0.15, -0.1) is 0 Å². The van der Waals surface area contributed by atoms with Gasteiger partial charge in [0.15, 0.2) is 0 Å². The van der Waals surface area contributed by atoms with Crippen LogP contribution in [-0.4, -0.2) is 14.3 Å². The van der Waals surface area contributed by atoms with Gasteiger partial charge in [-0.1, -0.05) is 11.6 Å². The molecule has 2 N–H and O–H groups in total. The molecule has 0 aliphatic carbocycles. The van der Waals surface area contributed by atoms with Crippen LogP contribution in [-0.2, 0) is 0 Å². The average molecular weight is 275 g/mol. The maximum absolute atomic E-state index is 12.6. The number of hydrogen-bond acceptors (Lipinski definition) is 3. The Morgan fingerprint density at radius 2 is 2.11 bits per heavy atom. The number of anilines is 1. The summed E-state index contributed by atoms with van der Waals surface area (Å²) in [5, 5.41) is 4.08. The van der Waals surface area contributed by atoms with E-state index in [4.69, 9.17) is 17.3 Å². The van der Waals surface area contributed by atoms with Crippen molar-refractivity contribution in [3.05, 3.63) is 39.5 Å². The van der Waals surface area contributed by atoms with Crippen molar-refractivity contribution in [1.29, 1.82) is 0 Å². The summed E-state index contributed by atoms with van der Waals surface area (Å²) in [4.78, 5) is 11.7. The first kappa shape index (κ1) is 12.6. The first-order valence-electron chi connectivity index (χ1n) is 4.93. The van der Waals surface area contributed by atoms with E-state index >= 15 is 0 Å². The Morgan fingerprint density at radius 1 is 1.44 bits per heavy atom. The van der Waals surface area contributed by atoms with Crippen molar-refractivity contribution in [3.8, 4) is 5.69 Å². The Morgan fingerprint density at radius 3 is 2.61 bits per heavy atom. The van der Waals surface area contributed by atoms with Crippen LogP contribution < -0.4 is 11.4 Å². The van der Waals surface area contributed by atoms with Gasteiger partial charge in [0.1, 0.15) is 5.82 Å². The van der Waals surface area contributed by atoms with Gasteiger partial charge in [0, 0.05) is 0 Å². The minimum atomic E-state index is -2.93. The van der Waals surface area contributed by atoms with Crippen molar-refractivity contribution in [2.75, 3.05) is 5.73 Å². The number of aromatic nitrogens is 3. The molecule has 2 rings (SSSR count). The van der Waals surface area contributed by atoms with E-state index in [1.807, 2.05) is 0 Å². The molecule has 18 heavy (non-hydrogen) atoms. The normalized spacial score (nSPS) is 11.2. The lowest BCUT2D eigenvalue weighted by Gasteiger charge is -2.02. The number of nitrogen functional groups attached to an aromatic ring is 1. The van der Waals surface area contributed by atoms with E-state index in [9.17, 15) is 13.6 Å². The summed E-state index contributed by atoms with van der Waals surface area (Å²) >= 11 is 5.74. The SMILES string of the molecule is Cc1nn(-c2ccc(Cl)c(N)c2)c(=O)n1C(F)F. The molecule has 0 saturated heterocycles. The van der Waals surface area contributed by atoms with Gasteiger partial charge in [0.05, 0.1) is 16.4 Å². The quantitative estimate of drug-likeness (QED) is 0.852. The van der Waals surface area contributed by atoms with Gasteiger partial charge in [0.25, 0.3) is 0 Å². The molecular formula is C10H9ClF2N4O. The Bertz CT molecular complexity index is 650. The van der Waals surface area contributed by atoms with Crippen LogP contribution in [0.3, 0.4) is 0 Å². The van der Waals surface area contributed by atoms with E-state index in [-0.39, 0.29) is 17.2 Å². The fraction of sp³-hybridized carbons (Fsp3) is 0.200. The molecule has 0 radical (unpaired) electrons. The Kier molecular flexibility index (Phi) is 3.08. The number of aryl methyl sites for hydroxylation is 1. The molecule has 0 amide bonds. The van der Waals surface area contributed by atoms with Crippen LogP contribution in [0.4, 0.5) is 14.5 Å². The zero-order chi connectivity index (χ0) is 13.4. The van der Waals surface area contributed by atoms with Gasteiger partial charge in [0.2, 0.25) is 0 Å². The molecule has 8 heteroatoms. The molecule has 0 unspecified atom stereocenters. The third kappa shape index (κ3) is 1.97. The molecule has 0 atom stereocenters. The van der Waals surface area contributed by atoms with E-state index in [1.165, 1.54) is 25.1 Å². The minimum absolute atomic E-state index is 0.0801. The molecule has 5 nitrogen and oxygen atoms in total. The average Bonchev–Trinajstić information content (AvgIpc) is 2.58. The van der Waals surface area contributed by atoms with E-state index in [0.29, 0.717) is 9.59 Å². The number of halogens is 3. The molecule has 2 aromatic rings. The molecule has 0 aliphatic rings. The van der Waals surface area contributed by atoms with Gasteiger partial charge < -0.3 is 5.73 Å². The third-order valence-electron chi connectivity index (χ3n) is 2.40. The lowest BCUT2D eigenvalue weighted by Crippen LogP contribution is -2.24. The van der Waals surface area contributed by atoms with Gasteiger partial charge in [-0.25, -0.2) is 9.36 Å². The lowest BCUT2D eigenvalue weighted by atomic mass is 10.3. The largest absolute Gasteiger partial charge is 0.397 e. The molecule has 1 aromatic heterocycles. The van der Waals surface area contributed by atoms with Gasteiger partial charge in [-0.3, -0.25) is 0 Å². The predicted molar refractivity (Wildman–Crippen MR) is 63.2 cm³/mol. The van der Waals surface area contributed by atoms with Crippen LogP contribution in [0.25, 0.3) is 5.69 Å². The number of alkyl halides is 2. The number of rotatable bonds is 2. The summed E-state index contributed by atoms with van der Waals surface area (Å²) in [7, 11) is 0. The van der Waals surface area contributed by atoms with Crippen LogP contribution in [0, 0.1) is 6.92 Å². The van der Waals surface area contributed by atoms with Crippen LogP contribution in [0.2, 0.25) is 5.02 Å². The van der Waals surface area contributed by atoms with Crippen molar-refractivity contribution in [3.63, 3.8) is 0 Å². The Balaban J connectivity index is 2.62. The summed E-state index contributed by atoms with van der Waals surface area (Å²) in [5.41, 5.74) is 5.18. The van der Waals surface area contributed by atoms with Crippen molar-refractivity contribution in [2.24, 2.45) is 0 Å². The summed E-state index contributed by atoms with van der Waals surface area (Å²) in [6.45, 7) is -1.61. The maximum atomic E-state index is 12.6. The van der Waals surface area contributed by atoms with Crippen LogP contribution in [0.15, 0.2) is 23.0 Å². The summed E-state index contributed by atoms with van der Waals surface area (Å²) in [5.74, 6) is -0.0801. The first-order valence-corrected chi connectivity index (χ1v) is 5.31. The van der Waals surface area contributed by atoms with Crippen molar-refractivity contribution < 1.29 is 8.78 Å². The molecule has 0 aliphatic heterocycles. The molecule has 1 heterocycles. The molecule has 0 bridgehead atoms. The highest BCUT2D eigenvalue weighted by molar-refractivity contribution is 6.33. The zero-order valence-electron chi connectivity index (χ0n) is 9.27. The lowest BCUT2D eigenvalue weighted by molar-refractivity contribution is 0.0640. The van der Waals surface area contributed by atoms with Crippen molar-refractivity contribution in [2.45, 2.75) is 13.5 Å². The topological polar surface area (TPSA) is 65.8 Å². The van der Waals surface area contributed by atoms with Crippen LogP contribution >= 0.6 is 11.6 Å². The number of nitrogens with zero attached hydrogens (tertiary/aromatic N) is 3. The first-order chi connectivity index (χ1) is 8.41. The monoisotopic (exact) mass is 274 g/mol. The Labute approximate surface area is 105 Å². The summed E-state index contributed by atoms with van der Waals surface area (Å²) < 4.78 is 26.4. The minimum Gasteiger partial charge on any atom is -0.397 e. The van der Waals surface area contributed by atoms with Crippen LogP contribution in [0.5, 0.6) is 0 Å². The molecule has 1 aromatic carbocycles. The molecule has 0 saturated carbocycles. The number of nitrogens with two attached hydrogens (primary N) is 1. The number of benzene rings is 1. The third-order valence-corrected chi connectivity index (χ3v) is 2.74. The zero-order valence-corrected chi connectivity index (χ0v) is 10.0. The summed E-state index contributed by atoms with van der Waals surface area (Å²) in [6.07, 6.45) is 0. The second kappa shape index (κ2) is 4.41. The smallest absolute Gasteiger partial charge is 0.355 e. The van der Waals surface area contributed by atoms with E-state index in [1.54, 1.807) is 0 Å². The van der Waals surface area contributed by atoms with Gasteiger partial charge in [-0.2, -0.15) is 18.6 Å². The van der Waals surface area contributed by atoms with Crippen molar-refractivity contribution in [1.82, 2.24) is 14.3 Å². The molecular weight excluding hydrogens is 266 g/mol. The second-order valence-electron chi connectivity index (χ2n) is 3.60. The molecule has 0 spiro atoms. The Hall–Kier alpha value is -1.89. The van der Waals surface area contributed by atoms with E-state index in [0.717, 1.165) is 4.68 Å². The highest BCUT2D eigenvalue weighted by atomic mass is 35.5.